The van der Waals surface area contributed by atoms with Gasteiger partial charge in [0.2, 0.25) is 5.91 Å². The number of aliphatic hydroxyl groups is 2. The molecule has 41 heavy (non-hydrogen) atoms. The summed E-state index contributed by atoms with van der Waals surface area (Å²) in [6.45, 7) is -3.32. The number of carbonyl (C=O) groups excluding carboxylic acids is 1. The smallest absolute Gasteiger partial charge is 0.345 e. The maximum atomic E-state index is 15.9. The van der Waals surface area contributed by atoms with E-state index in [-0.39, 0.29) is 30.0 Å². The van der Waals surface area contributed by atoms with E-state index in [4.69, 9.17) is 22.1 Å². The van der Waals surface area contributed by atoms with Gasteiger partial charge in [0, 0.05) is 40.9 Å². The predicted molar refractivity (Wildman–Crippen MR) is 142 cm³/mol. The molecule has 2 aliphatic carbocycles. The molecule has 4 atom stereocenters. The molecule has 5 N–H and O–H groups in total. The first-order valence-corrected chi connectivity index (χ1v) is 13.6. The highest BCUT2D eigenvalue weighted by Gasteiger charge is 2.52. The number of primary amides is 1. The molecule has 3 aliphatic rings. The van der Waals surface area contributed by atoms with E-state index in [1.54, 1.807) is 30.3 Å². The molecule has 5 rings (SSSR count). The first kappa shape index (κ1) is 29.5. The summed E-state index contributed by atoms with van der Waals surface area (Å²) in [6, 6.07) is 9.58. The molecule has 2 aromatic carbocycles. The average molecular weight is 597 g/mol. The summed E-state index contributed by atoms with van der Waals surface area (Å²) in [5, 5.41) is 24.6. The highest BCUT2D eigenvalue weighted by Crippen LogP contribution is 2.55. The third kappa shape index (κ3) is 5.49. The summed E-state index contributed by atoms with van der Waals surface area (Å²) in [5.74, 6) is -2.33. The van der Waals surface area contributed by atoms with Crippen molar-refractivity contribution in [2.45, 2.75) is 68.4 Å². The van der Waals surface area contributed by atoms with E-state index < -0.39 is 64.0 Å². The molecule has 12 heteroatoms. The van der Waals surface area contributed by atoms with Crippen LogP contribution in [0, 0.1) is 5.82 Å². The van der Waals surface area contributed by atoms with Crippen molar-refractivity contribution in [3.63, 3.8) is 0 Å². The number of ether oxygens (including phenoxy) is 2. The van der Waals surface area contributed by atoms with Gasteiger partial charge in [-0.1, -0.05) is 54.1 Å². The number of rotatable bonds is 8. The minimum absolute atomic E-state index is 0.00609. The maximum Gasteiger partial charge on any atom is 0.345 e. The topological polar surface area (TPSA) is 114 Å². The molecule has 2 unspecified atom stereocenters. The summed E-state index contributed by atoms with van der Waals surface area (Å²) >= 11 is 6.37. The molecule has 1 heterocycles. The fourth-order valence-electron chi connectivity index (χ4n) is 5.88. The zero-order valence-electron chi connectivity index (χ0n) is 21.7. The van der Waals surface area contributed by atoms with Gasteiger partial charge >= 0.3 is 6.61 Å². The van der Waals surface area contributed by atoms with E-state index >= 15 is 8.78 Å². The Morgan fingerprint density at radius 3 is 2.51 bits per heavy atom. The van der Waals surface area contributed by atoms with Crippen LogP contribution in [0.5, 0.6) is 5.75 Å². The van der Waals surface area contributed by atoms with Gasteiger partial charge in [-0.05, 0) is 31.2 Å². The van der Waals surface area contributed by atoms with E-state index in [9.17, 15) is 23.8 Å². The molecule has 0 bridgehead atoms. The molecule has 0 radical (unpaired) electrons. The lowest BCUT2D eigenvalue weighted by molar-refractivity contribution is -0.159. The number of amides is 1. The number of aliphatic hydroxyl groups excluding tert-OH is 2. The number of alkyl halides is 3. The van der Waals surface area contributed by atoms with Crippen molar-refractivity contribution in [1.82, 2.24) is 5.32 Å². The highest BCUT2D eigenvalue weighted by molar-refractivity contribution is 6.33. The largest absolute Gasteiger partial charge is 0.478 e. The second-order valence-corrected chi connectivity index (χ2v) is 10.8. The van der Waals surface area contributed by atoms with Crippen LogP contribution in [0.15, 0.2) is 54.1 Å². The summed E-state index contributed by atoms with van der Waals surface area (Å²) in [6.07, 6.45) is -1.73. The Morgan fingerprint density at radius 2 is 1.88 bits per heavy atom. The van der Waals surface area contributed by atoms with E-state index in [0.29, 0.717) is 31.2 Å². The van der Waals surface area contributed by atoms with Crippen LogP contribution in [0.25, 0.3) is 5.57 Å². The van der Waals surface area contributed by atoms with Gasteiger partial charge in [0.1, 0.15) is 23.8 Å². The molecule has 1 aliphatic heterocycles. The molecule has 1 saturated carbocycles. The van der Waals surface area contributed by atoms with Crippen molar-refractivity contribution in [1.29, 1.82) is 0 Å². The van der Waals surface area contributed by atoms with E-state index in [2.05, 4.69) is 10.1 Å². The van der Waals surface area contributed by atoms with Crippen molar-refractivity contribution in [3.05, 3.63) is 81.7 Å². The van der Waals surface area contributed by atoms with Gasteiger partial charge in [0.25, 0.3) is 0 Å². The molecular weight excluding hydrogens is 568 g/mol. The van der Waals surface area contributed by atoms with Gasteiger partial charge in [-0.15, -0.1) is 0 Å². The molecule has 220 valence electrons. The van der Waals surface area contributed by atoms with Gasteiger partial charge in [0.15, 0.2) is 11.8 Å². The summed E-state index contributed by atoms with van der Waals surface area (Å²) in [5.41, 5.74) is 2.89. The zero-order chi connectivity index (χ0) is 29.5. The van der Waals surface area contributed by atoms with Crippen LogP contribution in [-0.4, -0.2) is 53.7 Å². The number of nitrogens with one attached hydrogen (secondary N) is 1. The molecular formula is C29H29ClF4N2O5. The number of hydrogen-bond donors (Lipinski definition) is 4. The fourth-order valence-corrected chi connectivity index (χ4v) is 6.14. The van der Waals surface area contributed by atoms with Gasteiger partial charge in [-0.25, -0.2) is 8.78 Å². The van der Waals surface area contributed by atoms with Gasteiger partial charge < -0.3 is 30.7 Å². The Hall–Kier alpha value is -2.96. The molecule has 0 spiro atoms. The minimum atomic E-state index is -3.35. The molecule has 1 amide bonds. The SMILES string of the molecule is NC(=O)C1=C(c2c(Cl)c(F)cc3c2[C@H](O)[C@@](CN[C@H]2CC[C@H](O)CC2)(c2ccccc2)O3)C(F)C(OC(F)F)C=C1. The van der Waals surface area contributed by atoms with E-state index in [0.717, 1.165) is 18.2 Å². The van der Waals surface area contributed by atoms with Gasteiger partial charge in [0.05, 0.1) is 11.1 Å². The zero-order valence-corrected chi connectivity index (χ0v) is 22.5. The summed E-state index contributed by atoms with van der Waals surface area (Å²) in [7, 11) is 0. The monoisotopic (exact) mass is 596 g/mol. The Labute approximate surface area is 238 Å². The number of hydrogen-bond acceptors (Lipinski definition) is 6. The van der Waals surface area contributed by atoms with Crippen LogP contribution in [0.2, 0.25) is 5.02 Å². The van der Waals surface area contributed by atoms with Crippen molar-refractivity contribution in [2.24, 2.45) is 5.73 Å². The lowest BCUT2D eigenvalue weighted by atomic mass is 9.80. The minimum Gasteiger partial charge on any atom is -0.478 e. The van der Waals surface area contributed by atoms with Crippen LogP contribution >= 0.6 is 11.6 Å². The number of benzene rings is 2. The molecule has 0 aromatic heterocycles. The summed E-state index contributed by atoms with van der Waals surface area (Å²) in [4.78, 5) is 12.3. The van der Waals surface area contributed by atoms with Crippen molar-refractivity contribution >= 4 is 23.1 Å². The number of fused-ring (bicyclic) bond motifs is 1. The van der Waals surface area contributed by atoms with Crippen LogP contribution < -0.4 is 15.8 Å². The Balaban J connectivity index is 1.64. The number of nitrogens with two attached hydrogens (primary N) is 1. The van der Waals surface area contributed by atoms with Gasteiger partial charge in [-0.3, -0.25) is 4.79 Å². The van der Waals surface area contributed by atoms with E-state index in [1.165, 1.54) is 0 Å². The van der Waals surface area contributed by atoms with Crippen LogP contribution in [-0.2, 0) is 15.1 Å². The standard InChI is InChI=1S/C29H29ClF4N2O5/c30-24-18(31)12-20-22(23(24)21-17(27(35)39)10-11-19(25(21)32)40-28(33)34)26(38)29(41-20,14-4-2-1-3-5-14)13-36-15-6-8-16(37)9-7-15/h1-5,10-12,15-16,19,25-26,28,36-38H,6-9,13H2,(H2,35,39)/t15-,16-,19?,25?,26-,29+/m0/s1. The Morgan fingerprint density at radius 1 is 1.20 bits per heavy atom. The van der Waals surface area contributed by atoms with Crippen molar-refractivity contribution in [2.75, 3.05) is 6.54 Å². The quantitative estimate of drug-likeness (QED) is 0.335. The normalized spacial score (nSPS) is 29.5. The molecule has 0 saturated heterocycles. The van der Waals surface area contributed by atoms with E-state index in [1.807, 2.05) is 0 Å². The summed E-state index contributed by atoms with van der Waals surface area (Å²) < 4.78 is 68.0. The fraction of sp³-hybridized carbons (Fsp3) is 0.414. The first-order chi connectivity index (χ1) is 19.5. The van der Waals surface area contributed by atoms with Crippen LogP contribution in [0.3, 0.4) is 0 Å². The third-order valence-electron chi connectivity index (χ3n) is 7.94. The lowest BCUT2D eigenvalue weighted by Crippen LogP contribution is -2.48. The number of carbonyl (C=O) groups is 1. The second-order valence-electron chi connectivity index (χ2n) is 10.4. The molecule has 7 nitrogen and oxygen atoms in total. The first-order valence-electron chi connectivity index (χ1n) is 13.2. The van der Waals surface area contributed by atoms with Crippen molar-refractivity contribution in [3.8, 4) is 5.75 Å². The average Bonchev–Trinajstić information content (AvgIpc) is 3.22. The second kappa shape index (κ2) is 11.7. The van der Waals surface area contributed by atoms with Gasteiger partial charge in [-0.2, -0.15) is 8.78 Å². The lowest BCUT2D eigenvalue weighted by Gasteiger charge is -2.36. The molecule has 2 aromatic rings. The molecule has 1 fully saturated rings. The number of halogens is 5. The third-order valence-corrected chi connectivity index (χ3v) is 8.31. The Kier molecular flexibility index (Phi) is 8.45. The van der Waals surface area contributed by atoms with Crippen LogP contribution in [0.1, 0.15) is 48.5 Å². The maximum absolute atomic E-state index is 15.9. The van der Waals surface area contributed by atoms with Crippen LogP contribution in [0.4, 0.5) is 17.6 Å². The Bertz CT molecular complexity index is 1370. The highest BCUT2D eigenvalue weighted by atomic mass is 35.5. The predicted octanol–water partition coefficient (Wildman–Crippen LogP) is 4.45. The van der Waals surface area contributed by atoms with Crippen molar-refractivity contribution < 1.29 is 42.0 Å².